The molecule has 2 N–H and O–H groups in total. The van der Waals surface area contributed by atoms with Crippen molar-refractivity contribution in [1.82, 2.24) is 0 Å². The molecule has 0 fully saturated rings. The Morgan fingerprint density at radius 1 is 0.632 bits per heavy atom. The van der Waals surface area contributed by atoms with Crippen LogP contribution in [0.4, 0.5) is 0 Å². The smallest absolute Gasteiger partial charge is 0.222 e. The second-order valence-corrected chi connectivity index (χ2v) is 3.30. The number of benzene rings is 2. The summed E-state index contributed by atoms with van der Waals surface area (Å²) in [5.41, 5.74) is 5.59. The minimum atomic E-state index is 0. The van der Waals surface area contributed by atoms with Crippen LogP contribution >= 0.6 is 12.4 Å². The molecular weight excluding hydrogens is 264 g/mol. The van der Waals surface area contributed by atoms with Gasteiger partial charge in [0.05, 0.1) is 0 Å². The molecule has 19 heavy (non-hydrogen) atoms. The first kappa shape index (κ1) is 16.5. The van der Waals surface area contributed by atoms with Crippen molar-refractivity contribution in [3.05, 3.63) is 48.5 Å². The first-order chi connectivity index (χ1) is 8.79. The third-order valence-corrected chi connectivity index (χ3v) is 2.43. The van der Waals surface area contributed by atoms with Crippen LogP contribution in [0.25, 0.3) is 22.3 Å². The van der Waals surface area contributed by atoms with Crippen molar-refractivity contribution in [3.8, 4) is 22.3 Å². The van der Waals surface area contributed by atoms with E-state index in [0.29, 0.717) is 0 Å². The van der Waals surface area contributed by atoms with E-state index in [1.54, 1.807) is 0 Å². The standard InChI is InChI=1S/C12H8.2CHNO.ClH/c1-2-6-10-9(5-1)11-7-3-4-8-12(10)11;2*2-1-3;/h1-8H;2*2H;1H. The highest BCUT2D eigenvalue weighted by molar-refractivity contribution is 6.02. The lowest BCUT2D eigenvalue weighted by molar-refractivity contribution is 0.562. The monoisotopic (exact) mass is 274 g/mol. The van der Waals surface area contributed by atoms with E-state index in [9.17, 15) is 0 Å². The number of halogens is 1. The van der Waals surface area contributed by atoms with Gasteiger partial charge in [-0.05, 0) is 22.3 Å². The Hall–Kier alpha value is -2.51. The van der Waals surface area contributed by atoms with Gasteiger partial charge in [-0.2, -0.15) is 0 Å². The van der Waals surface area contributed by atoms with Gasteiger partial charge in [-0.15, -0.1) is 12.4 Å². The highest BCUT2D eigenvalue weighted by Gasteiger charge is 2.19. The zero-order chi connectivity index (χ0) is 13.4. The van der Waals surface area contributed by atoms with Crippen LogP contribution in [0, 0.1) is 10.8 Å². The van der Waals surface area contributed by atoms with Crippen LogP contribution in [0.3, 0.4) is 0 Å². The fraction of sp³-hybridized carbons (Fsp3) is 0. The second-order valence-electron chi connectivity index (χ2n) is 3.30. The molecule has 4 nitrogen and oxygen atoms in total. The Morgan fingerprint density at radius 2 is 0.789 bits per heavy atom. The average Bonchev–Trinajstić information content (AvgIpc) is 2.38. The molecule has 2 aromatic carbocycles. The molecule has 2 aromatic rings. The van der Waals surface area contributed by atoms with Crippen molar-refractivity contribution in [3.63, 3.8) is 0 Å². The van der Waals surface area contributed by atoms with Crippen molar-refractivity contribution in [2.24, 2.45) is 0 Å². The molecule has 1 aliphatic rings. The molecule has 0 bridgehead atoms. The third-order valence-electron chi connectivity index (χ3n) is 2.43. The first-order valence-corrected chi connectivity index (χ1v) is 5.06. The maximum absolute atomic E-state index is 8.35. The van der Waals surface area contributed by atoms with Crippen LogP contribution in [0.5, 0.6) is 0 Å². The molecular formula is C14H11ClN2O2. The molecule has 96 valence electrons. The van der Waals surface area contributed by atoms with E-state index in [1.165, 1.54) is 22.3 Å². The van der Waals surface area contributed by atoms with Crippen molar-refractivity contribution >= 4 is 24.6 Å². The largest absolute Gasteiger partial charge is 0.231 e. The van der Waals surface area contributed by atoms with E-state index in [-0.39, 0.29) is 12.4 Å². The van der Waals surface area contributed by atoms with E-state index in [0.717, 1.165) is 12.2 Å². The van der Waals surface area contributed by atoms with Gasteiger partial charge < -0.3 is 0 Å². The molecule has 5 heteroatoms. The summed E-state index contributed by atoms with van der Waals surface area (Å²) in [7, 11) is 0. The second kappa shape index (κ2) is 8.56. The minimum Gasteiger partial charge on any atom is -0.222 e. The van der Waals surface area contributed by atoms with Crippen molar-refractivity contribution in [2.75, 3.05) is 0 Å². The normalized spacial score (nSPS) is 8.00. The summed E-state index contributed by atoms with van der Waals surface area (Å²) in [5.74, 6) is 0. The highest BCUT2D eigenvalue weighted by atomic mass is 35.5. The Labute approximate surface area is 116 Å². The van der Waals surface area contributed by atoms with Crippen molar-refractivity contribution in [2.45, 2.75) is 0 Å². The van der Waals surface area contributed by atoms with Crippen LogP contribution in [-0.4, -0.2) is 12.2 Å². The first-order valence-electron chi connectivity index (χ1n) is 5.06. The van der Waals surface area contributed by atoms with Gasteiger partial charge in [-0.25, -0.2) is 20.4 Å². The average molecular weight is 275 g/mol. The third kappa shape index (κ3) is 3.73. The SMILES string of the molecule is Cl.N=C=O.N=C=O.c1ccc2c(c1)-c1ccccc1-2. The van der Waals surface area contributed by atoms with Crippen LogP contribution < -0.4 is 0 Å². The molecule has 3 rings (SSSR count). The predicted octanol–water partition coefficient (Wildman–Crippen LogP) is 3.56. The molecule has 0 amide bonds. The molecule has 0 atom stereocenters. The molecule has 0 heterocycles. The zero-order valence-electron chi connectivity index (χ0n) is 9.84. The fourth-order valence-corrected chi connectivity index (χ4v) is 1.84. The molecule has 0 aliphatic heterocycles. The van der Waals surface area contributed by atoms with Gasteiger partial charge in [0, 0.05) is 0 Å². The lowest BCUT2D eigenvalue weighted by atomic mass is 9.81. The summed E-state index contributed by atoms with van der Waals surface area (Å²) < 4.78 is 0. The molecule has 0 unspecified atom stereocenters. The van der Waals surface area contributed by atoms with Gasteiger partial charge in [0.2, 0.25) is 12.2 Å². The van der Waals surface area contributed by atoms with Gasteiger partial charge >= 0.3 is 0 Å². The van der Waals surface area contributed by atoms with Crippen LogP contribution in [0.15, 0.2) is 48.5 Å². The molecule has 0 radical (unpaired) electrons. The number of hydrogen-bond donors (Lipinski definition) is 2. The van der Waals surface area contributed by atoms with Crippen molar-refractivity contribution in [1.29, 1.82) is 10.8 Å². The number of fused-ring (bicyclic) bond motifs is 4. The topological polar surface area (TPSA) is 81.8 Å². The number of carbonyl (C=O) groups excluding carboxylic acids is 2. The van der Waals surface area contributed by atoms with Gasteiger partial charge in [0.15, 0.2) is 0 Å². The summed E-state index contributed by atoms with van der Waals surface area (Å²) in [6.07, 6.45) is 1.50. The quantitative estimate of drug-likeness (QED) is 0.485. The zero-order valence-corrected chi connectivity index (χ0v) is 10.7. The van der Waals surface area contributed by atoms with Crippen LogP contribution in [0.2, 0.25) is 0 Å². The van der Waals surface area contributed by atoms with Gasteiger partial charge in [-0.1, -0.05) is 48.5 Å². The Kier molecular flexibility index (Phi) is 7.43. The molecule has 0 aromatic heterocycles. The Morgan fingerprint density at radius 3 is 0.947 bits per heavy atom. The van der Waals surface area contributed by atoms with E-state index in [2.05, 4.69) is 48.5 Å². The fourth-order valence-electron chi connectivity index (χ4n) is 1.84. The summed E-state index contributed by atoms with van der Waals surface area (Å²) in [6.45, 7) is 0. The number of hydrogen-bond acceptors (Lipinski definition) is 4. The summed E-state index contributed by atoms with van der Waals surface area (Å²) in [4.78, 5) is 16.7. The molecule has 0 saturated carbocycles. The summed E-state index contributed by atoms with van der Waals surface area (Å²) in [6, 6.07) is 17.1. The number of rotatable bonds is 0. The molecule has 1 aliphatic carbocycles. The Balaban J connectivity index is 0.000000405. The van der Waals surface area contributed by atoms with Crippen LogP contribution in [0.1, 0.15) is 0 Å². The molecule has 0 spiro atoms. The predicted molar refractivity (Wildman–Crippen MR) is 74.9 cm³/mol. The van der Waals surface area contributed by atoms with E-state index < -0.39 is 0 Å². The lowest BCUT2D eigenvalue weighted by Crippen LogP contribution is -1.96. The van der Waals surface area contributed by atoms with Crippen LogP contribution in [-0.2, 0) is 9.59 Å². The van der Waals surface area contributed by atoms with Gasteiger partial charge in [-0.3, -0.25) is 0 Å². The lowest BCUT2D eigenvalue weighted by Gasteiger charge is -2.22. The molecule has 0 saturated heterocycles. The number of nitrogens with one attached hydrogen (secondary N) is 2. The van der Waals surface area contributed by atoms with Gasteiger partial charge in [0.1, 0.15) is 0 Å². The summed E-state index contributed by atoms with van der Waals surface area (Å²) in [5, 5.41) is 10.8. The minimum absolute atomic E-state index is 0. The maximum Gasteiger partial charge on any atom is 0.231 e. The number of isocyanates is 2. The Bertz CT molecular complexity index is 502. The summed E-state index contributed by atoms with van der Waals surface area (Å²) >= 11 is 0. The maximum atomic E-state index is 8.35. The van der Waals surface area contributed by atoms with E-state index in [1.807, 2.05) is 0 Å². The van der Waals surface area contributed by atoms with Crippen molar-refractivity contribution < 1.29 is 9.59 Å². The highest BCUT2D eigenvalue weighted by Crippen LogP contribution is 2.46. The van der Waals surface area contributed by atoms with E-state index >= 15 is 0 Å². The van der Waals surface area contributed by atoms with Gasteiger partial charge in [0.25, 0.3) is 0 Å². The van der Waals surface area contributed by atoms with E-state index in [4.69, 9.17) is 20.4 Å².